The van der Waals surface area contributed by atoms with E-state index in [-0.39, 0.29) is 23.6 Å². The largest absolute Gasteiger partial charge is 0.353 e. The summed E-state index contributed by atoms with van der Waals surface area (Å²) in [5.41, 5.74) is 0. The topological polar surface area (TPSA) is 66.5 Å². The Morgan fingerprint density at radius 2 is 1.80 bits per heavy atom. The first kappa shape index (κ1) is 16.0. The molecular formula is C13H23ClN2O3S. The molecule has 116 valence electrons. The Balaban J connectivity index is 1.73. The second-order valence-corrected chi connectivity index (χ2v) is 8.13. The van der Waals surface area contributed by atoms with Gasteiger partial charge in [0.05, 0.1) is 5.75 Å². The number of amides is 1. The van der Waals surface area contributed by atoms with Crippen LogP contribution in [0.15, 0.2) is 0 Å². The standard InChI is InChI=1S/C13H23ClN2O3S/c14-7-1-2-10-20(18,19)16-8-5-12(6-9-16)15-13(17)11-3-4-11/h11-12H,1-10H2,(H,15,17). The summed E-state index contributed by atoms with van der Waals surface area (Å²) in [6.07, 6.45) is 4.78. The van der Waals surface area contributed by atoms with Gasteiger partial charge in [-0.25, -0.2) is 12.7 Å². The van der Waals surface area contributed by atoms with Gasteiger partial charge in [-0.1, -0.05) is 0 Å². The van der Waals surface area contributed by atoms with Gasteiger partial charge in [-0.2, -0.15) is 0 Å². The molecule has 0 spiro atoms. The van der Waals surface area contributed by atoms with Crippen molar-refractivity contribution in [1.82, 2.24) is 9.62 Å². The van der Waals surface area contributed by atoms with Gasteiger partial charge in [0, 0.05) is 30.9 Å². The Morgan fingerprint density at radius 3 is 2.35 bits per heavy atom. The van der Waals surface area contributed by atoms with Crippen molar-refractivity contribution in [1.29, 1.82) is 0 Å². The van der Waals surface area contributed by atoms with Gasteiger partial charge in [0.1, 0.15) is 0 Å². The Hall–Kier alpha value is -0.330. The van der Waals surface area contributed by atoms with Crippen molar-refractivity contribution >= 4 is 27.5 Å². The summed E-state index contributed by atoms with van der Waals surface area (Å²) in [5, 5.41) is 3.03. The van der Waals surface area contributed by atoms with Gasteiger partial charge < -0.3 is 5.32 Å². The Labute approximate surface area is 126 Å². The van der Waals surface area contributed by atoms with E-state index < -0.39 is 10.0 Å². The number of sulfonamides is 1. The number of piperidine rings is 1. The molecule has 0 radical (unpaired) electrons. The van der Waals surface area contributed by atoms with Crippen molar-refractivity contribution in [3.05, 3.63) is 0 Å². The highest BCUT2D eigenvalue weighted by Gasteiger charge is 2.33. The molecule has 1 aliphatic heterocycles. The van der Waals surface area contributed by atoms with Crippen LogP contribution in [0, 0.1) is 5.92 Å². The summed E-state index contributed by atoms with van der Waals surface area (Å²) < 4.78 is 25.8. The maximum Gasteiger partial charge on any atom is 0.223 e. The number of hydrogen-bond donors (Lipinski definition) is 1. The molecule has 1 saturated heterocycles. The minimum atomic E-state index is -3.15. The van der Waals surface area contributed by atoms with Crippen LogP contribution in [0.4, 0.5) is 0 Å². The van der Waals surface area contributed by atoms with E-state index in [4.69, 9.17) is 11.6 Å². The van der Waals surface area contributed by atoms with E-state index in [0.29, 0.717) is 38.2 Å². The van der Waals surface area contributed by atoms with Crippen LogP contribution in [0.3, 0.4) is 0 Å². The van der Waals surface area contributed by atoms with Crippen molar-refractivity contribution in [2.75, 3.05) is 24.7 Å². The average molecular weight is 323 g/mol. The summed E-state index contributed by atoms with van der Waals surface area (Å²) in [5.74, 6) is 1.05. The van der Waals surface area contributed by atoms with E-state index in [1.54, 1.807) is 4.31 Å². The molecule has 0 unspecified atom stereocenters. The Morgan fingerprint density at radius 1 is 1.15 bits per heavy atom. The number of hydrogen-bond acceptors (Lipinski definition) is 3. The van der Waals surface area contributed by atoms with E-state index in [9.17, 15) is 13.2 Å². The van der Waals surface area contributed by atoms with Crippen LogP contribution in [0.2, 0.25) is 0 Å². The van der Waals surface area contributed by atoms with Gasteiger partial charge in [0.25, 0.3) is 0 Å². The van der Waals surface area contributed by atoms with Crippen LogP contribution in [0.5, 0.6) is 0 Å². The quantitative estimate of drug-likeness (QED) is 0.568. The van der Waals surface area contributed by atoms with Crippen molar-refractivity contribution in [3.63, 3.8) is 0 Å². The zero-order valence-electron chi connectivity index (χ0n) is 11.7. The van der Waals surface area contributed by atoms with Gasteiger partial charge in [-0.15, -0.1) is 11.6 Å². The highest BCUT2D eigenvalue weighted by Crippen LogP contribution is 2.29. The second kappa shape index (κ2) is 7.09. The van der Waals surface area contributed by atoms with E-state index in [1.165, 1.54) is 0 Å². The number of carbonyl (C=O) groups is 1. The van der Waals surface area contributed by atoms with Gasteiger partial charge >= 0.3 is 0 Å². The van der Waals surface area contributed by atoms with Crippen LogP contribution in [-0.2, 0) is 14.8 Å². The van der Waals surface area contributed by atoms with Gasteiger partial charge in [0.2, 0.25) is 15.9 Å². The monoisotopic (exact) mass is 322 g/mol. The first-order valence-electron chi connectivity index (χ1n) is 7.37. The van der Waals surface area contributed by atoms with Crippen molar-refractivity contribution in [2.45, 2.75) is 44.6 Å². The highest BCUT2D eigenvalue weighted by molar-refractivity contribution is 7.89. The smallest absolute Gasteiger partial charge is 0.223 e. The molecule has 5 nitrogen and oxygen atoms in total. The number of carbonyl (C=O) groups excluding carboxylic acids is 1. The minimum Gasteiger partial charge on any atom is -0.353 e. The first-order valence-corrected chi connectivity index (χ1v) is 9.51. The van der Waals surface area contributed by atoms with Crippen LogP contribution in [-0.4, -0.2) is 49.4 Å². The summed E-state index contributed by atoms with van der Waals surface area (Å²) in [6, 6.07) is 0.136. The summed E-state index contributed by atoms with van der Waals surface area (Å²) >= 11 is 5.57. The minimum absolute atomic E-state index is 0.136. The maximum atomic E-state index is 12.1. The molecule has 0 atom stereocenters. The predicted molar refractivity (Wildman–Crippen MR) is 79.2 cm³/mol. The molecule has 0 aromatic rings. The number of nitrogens with one attached hydrogen (secondary N) is 1. The van der Waals surface area contributed by atoms with E-state index >= 15 is 0 Å². The predicted octanol–water partition coefficient (Wildman–Crippen LogP) is 1.33. The maximum absolute atomic E-state index is 12.1. The third-order valence-electron chi connectivity index (χ3n) is 3.93. The fourth-order valence-corrected chi connectivity index (χ4v) is 4.23. The summed E-state index contributed by atoms with van der Waals surface area (Å²) in [7, 11) is -3.15. The van der Waals surface area contributed by atoms with E-state index in [1.807, 2.05) is 0 Å². The molecule has 1 amide bonds. The average Bonchev–Trinajstić information content (AvgIpc) is 3.24. The zero-order chi connectivity index (χ0) is 14.6. The Bertz CT molecular complexity index is 429. The summed E-state index contributed by atoms with van der Waals surface area (Å²) in [4.78, 5) is 11.7. The molecule has 2 fully saturated rings. The number of unbranched alkanes of at least 4 members (excludes halogenated alkanes) is 1. The molecule has 1 heterocycles. The normalized spacial score (nSPS) is 21.9. The Kier molecular flexibility index (Phi) is 5.69. The van der Waals surface area contributed by atoms with Crippen molar-refractivity contribution in [2.24, 2.45) is 5.92 Å². The molecule has 20 heavy (non-hydrogen) atoms. The van der Waals surface area contributed by atoms with Crippen molar-refractivity contribution in [3.8, 4) is 0 Å². The molecule has 1 aliphatic carbocycles. The molecule has 2 rings (SSSR count). The fourth-order valence-electron chi connectivity index (χ4n) is 2.45. The lowest BCUT2D eigenvalue weighted by molar-refractivity contribution is -0.123. The third kappa shape index (κ3) is 4.60. The lowest BCUT2D eigenvalue weighted by Gasteiger charge is -2.31. The number of halogens is 1. The molecule has 1 saturated carbocycles. The molecule has 0 aromatic carbocycles. The van der Waals surface area contributed by atoms with E-state index in [2.05, 4.69) is 5.32 Å². The lowest BCUT2D eigenvalue weighted by Crippen LogP contribution is -2.47. The molecular weight excluding hydrogens is 300 g/mol. The zero-order valence-corrected chi connectivity index (χ0v) is 13.3. The lowest BCUT2D eigenvalue weighted by atomic mass is 10.1. The van der Waals surface area contributed by atoms with Crippen LogP contribution < -0.4 is 5.32 Å². The van der Waals surface area contributed by atoms with Crippen LogP contribution in [0.1, 0.15) is 38.5 Å². The number of rotatable bonds is 7. The number of nitrogens with zero attached hydrogens (tertiary/aromatic N) is 1. The van der Waals surface area contributed by atoms with Crippen molar-refractivity contribution < 1.29 is 13.2 Å². The molecule has 1 N–H and O–H groups in total. The molecule has 7 heteroatoms. The van der Waals surface area contributed by atoms with Crippen LogP contribution in [0.25, 0.3) is 0 Å². The highest BCUT2D eigenvalue weighted by atomic mass is 35.5. The summed E-state index contributed by atoms with van der Waals surface area (Å²) in [6.45, 7) is 1.03. The molecule has 0 bridgehead atoms. The number of alkyl halides is 1. The third-order valence-corrected chi connectivity index (χ3v) is 6.15. The van der Waals surface area contributed by atoms with Gasteiger partial charge in [-0.3, -0.25) is 4.79 Å². The molecule has 0 aromatic heterocycles. The van der Waals surface area contributed by atoms with E-state index in [0.717, 1.165) is 19.3 Å². The fraction of sp³-hybridized carbons (Fsp3) is 0.923. The van der Waals surface area contributed by atoms with Gasteiger partial charge in [-0.05, 0) is 38.5 Å². The van der Waals surface area contributed by atoms with Crippen LogP contribution >= 0.6 is 11.6 Å². The second-order valence-electron chi connectivity index (χ2n) is 5.67. The van der Waals surface area contributed by atoms with Gasteiger partial charge in [0.15, 0.2) is 0 Å². The SMILES string of the molecule is O=C(NC1CCN(S(=O)(=O)CCCCCl)CC1)C1CC1. The first-order chi connectivity index (χ1) is 9.53. The molecule has 2 aliphatic rings.